The summed E-state index contributed by atoms with van der Waals surface area (Å²) >= 11 is 0. The Hall–Kier alpha value is -3.02. The van der Waals surface area contributed by atoms with Crippen molar-refractivity contribution in [2.24, 2.45) is 0 Å². The highest BCUT2D eigenvalue weighted by atomic mass is 19.1. The standard InChI is InChI=1S/C20H16F2N2O2/c21-14-6-5-13(16(22)11-14)12-24(15-7-8-15)20(25)10-9-19-23-17-3-1-2-4-18(17)26-19/h1-6,9-11,15H,7-8,12H2/b10-9+. The van der Waals surface area contributed by atoms with Gasteiger partial charge in [-0.25, -0.2) is 13.8 Å². The molecule has 2 aromatic carbocycles. The lowest BCUT2D eigenvalue weighted by atomic mass is 10.2. The zero-order valence-electron chi connectivity index (χ0n) is 13.9. The Bertz CT molecular complexity index is 959. The van der Waals surface area contributed by atoms with Gasteiger partial charge in [0.1, 0.15) is 17.2 Å². The Balaban J connectivity index is 1.52. The van der Waals surface area contributed by atoms with E-state index in [1.165, 1.54) is 24.3 Å². The predicted octanol–water partition coefficient (Wildman–Crippen LogP) is 4.31. The van der Waals surface area contributed by atoms with Gasteiger partial charge in [0.05, 0.1) is 0 Å². The van der Waals surface area contributed by atoms with Crippen molar-refractivity contribution in [3.05, 3.63) is 71.6 Å². The number of hydrogen-bond acceptors (Lipinski definition) is 3. The van der Waals surface area contributed by atoms with Crippen molar-refractivity contribution in [3.8, 4) is 0 Å². The third-order valence-corrected chi connectivity index (χ3v) is 4.31. The molecule has 4 nitrogen and oxygen atoms in total. The molecule has 1 saturated carbocycles. The molecule has 0 N–H and O–H groups in total. The lowest BCUT2D eigenvalue weighted by Gasteiger charge is -2.21. The number of oxazole rings is 1. The molecule has 1 aliphatic carbocycles. The molecule has 1 amide bonds. The Morgan fingerprint density at radius 1 is 1.23 bits per heavy atom. The van der Waals surface area contributed by atoms with Gasteiger partial charge in [0.25, 0.3) is 0 Å². The highest BCUT2D eigenvalue weighted by Gasteiger charge is 2.32. The Labute approximate surface area is 148 Å². The summed E-state index contributed by atoms with van der Waals surface area (Å²) in [6.45, 7) is 0.105. The Kier molecular flexibility index (Phi) is 4.24. The minimum absolute atomic E-state index is 0.0836. The molecule has 0 saturated heterocycles. The van der Waals surface area contributed by atoms with E-state index in [0.717, 1.165) is 18.9 Å². The largest absolute Gasteiger partial charge is 0.437 e. The van der Waals surface area contributed by atoms with Crippen molar-refractivity contribution in [1.29, 1.82) is 0 Å². The molecule has 26 heavy (non-hydrogen) atoms. The molecule has 1 fully saturated rings. The van der Waals surface area contributed by atoms with Gasteiger partial charge in [-0.05, 0) is 31.0 Å². The van der Waals surface area contributed by atoms with E-state index in [1.807, 2.05) is 18.2 Å². The second-order valence-electron chi connectivity index (χ2n) is 6.29. The van der Waals surface area contributed by atoms with Gasteiger partial charge >= 0.3 is 0 Å². The summed E-state index contributed by atoms with van der Waals surface area (Å²) in [5.41, 5.74) is 1.65. The Morgan fingerprint density at radius 3 is 2.77 bits per heavy atom. The third-order valence-electron chi connectivity index (χ3n) is 4.31. The van der Waals surface area contributed by atoms with Gasteiger partial charge in [-0.15, -0.1) is 0 Å². The van der Waals surface area contributed by atoms with Crippen LogP contribution < -0.4 is 0 Å². The second-order valence-corrected chi connectivity index (χ2v) is 6.29. The van der Waals surface area contributed by atoms with E-state index in [1.54, 1.807) is 11.0 Å². The molecular formula is C20H16F2N2O2. The van der Waals surface area contributed by atoms with Crippen molar-refractivity contribution >= 4 is 23.1 Å². The second kappa shape index (κ2) is 6.71. The maximum Gasteiger partial charge on any atom is 0.247 e. The van der Waals surface area contributed by atoms with Gasteiger partial charge < -0.3 is 9.32 Å². The van der Waals surface area contributed by atoms with Gasteiger partial charge in [-0.1, -0.05) is 18.2 Å². The average Bonchev–Trinajstić information content (AvgIpc) is 3.37. The van der Waals surface area contributed by atoms with Crippen LogP contribution in [0.5, 0.6) is 0 Å². The molecule has 1 aromatic heterocycles. The van der Waals surface area contributed by atoms with E-state index in [2.05, 4.69) is 4.98 Å². The van der Waals surface area contributed by atoms with Crippen LogP contribution in [-0.4, -0.2) is 21.8 Å². The van der Waals surface area contributed by atoms with E-state index < -0.39 is 11.6 Å². The first-order valence-corrected chi connectivity index (χ1v) is 8.38. The molecule has 3 aromatic rings. The molecule has 6 heteroatoms. The quantitative estimate of drug-likeness (QED) is 0.642. The number of hydrogen-bond donors (Lipinski definition) is 0. The molecule has 1 heterocycles. The van der Waals surface area contributed by atoms with Crippen LogP contribution in [0.3, 0.4) is 0 Å². The van der Waals surface area contributed by atoms with E-state index in [9.17, 15) is 13.6 Å². The summed E-state index contributed by atoms with van der Waals surface area (Å²) in [4.78, 5) is 18.4. The van der Waals surface area contributed by atoms with E-state index in [-0.39, 0.29) is 18.5 Å². The smallest absolute Gasteiger partial charge is 0.247 e. The van der Waals surface area contributed by atoms with Crippen LogP contribution in [-0.2, 0) is 11.3 Å². The van der Waals surface area contributed by atoms with Crippen molar-refractivity contribution in [2.45, 2.75) is 25.4 Å². The summed E-state index contributed by atoms with van der Waals surface area (Å²) in [5, 5.41) is 0. The lowest BCUT2D eigenvalue weighted by Crippen LogP contribution is -2.31. The average molecular weight is 354 g/mol. The molecule has 0 unspecified atom stereocenters. The van der Waals surface area contributed by atoms with Crippen molar-refractivity contribution in [2.75, 3.05) is 0 Å². The topological polar surface area (TPSA) is 46.3 Å². The number of rotatable bonds is 5. The minimum atomic E-state index is -0.647. The Morgan fingerprint density at radius 2 is 2.04 bits per heavy atom. The molecule has 0 bridgehead atoms. The number of aromatic nitrogens is 1. The monoisotopic (exact) mass is 354 g/mol. The van der Waals surface area contributed by atoms with Crippen molar-refractivity contribution in [3.63, 3.8) is 0 Å². The van der Waals surface area contributed by atoms with Gasteiger partial charge in [0.15, 0.2) is 5.58 Å². The van der Waals surface area contributed by atoms with Crippen LogP contribution in [0.25, 0.3) is 17.2 Å². The maximum atomic E-state index is 13.9. The summed E-state index contributed by atoms with van der Waals surface area (Å²) in [7, 11) is 0. The number of fused-ring (bicyclic) bond motifs is 1. The zero-order valence-corrected chi connectivity index (χ0v) is 13.9. The van der Waals surface area contributed by atoms with Crippen LogP contribution in [0.2, 0.25) is 0 Å². The molecule has 0 radical (unpaired) electrons. The fraction of sp³-hybridized carbons (Fsp3) is 0.200. The molecule has 0 spiro atoms. The maximum absolute atomic E-state index is 13.9. The van der Waals surface area contributed by atoms with Crippen LogP contribution in [0.4, 0.5) is 8.78 Å². The molecule has 4 rings (SSSR count). The summed E-state index contributed by atoms with van der Waals surface area (Å²) in [6.07, 6.45) is 4.65. The van der Waals surface area contributed by atoms with Crippen LogP contribution in [0.1, 0.15) is 24.3 Å². The van der Waals surface area contributed by atoms with Crippen LogP contribution >= 0.6 is 0 Å². The minimum Gasteiger partial charge on any atom is -0.437 e. The summed E-state index contributed by atoms with van der Waals surface area (Å²) < 4.78 is 32.5. The number of amides is 1. The fourth-order valence-electron chi connectivity index (χ4n) is 2.81. The van der Waals surface area contributed by atoms with E-state index >= 15 is 0 Å². The highest BCUT2D eigenvalue weighted by Crippen LogP contribution is 2.29. The molecule has 0 aliphatic heterocycles. The van der Waals surface area contributed by atoms with E-state index in [4.69, 9.17) is 4.42 Å². The SMILES string of the molecule is O=C(/C=C/c1nc2ccccc2o1)N(Cc1ccc(F)cc1F)C1CC1. The first kappa shape index (κ1) is 16.4. The number of carbonyl (C=O) groups excluding carboxylic acids is 1. The van der Waals surface area contributed by atoms with Crippen LogP contribution in [0.15, 0.2) is 53.0 Å². The summed E-state index contributed by atoms with van der Waals surface area (Å²) in [5.74, 6) is -1.19. The number of nitrogens with zero attached hydrogens (tertiary/aromatic N) is 2. The normalized spacial score (nSPS) is 14.2. The zero-order chi connectivity index (χ0) is 18.1. The van der Waals surface area contributed by atoms with Gasteiger partial charge in [-0.3, -0.25) is 4.79 Å². The van der Waals surface area contributed by atoms with E-state index in [0.29, 0.717) is 22.6 Å². The molecule has 1 aliphatic rings. The molecule has 0 atom stereocenters. The third kappa shape index (κ3) is 3.49. The highest BCUT2D eigenvalue weighted by molar-refractivity contribution is 5.92. The van der Waals surface area contributed by atoms with Gasteiger partial charge in [0.2, 0.25) is 11.8 Å². The molecule has 132 valence electrons. The lowest BCUT2D eigenvalue weighted by molar-refractivity contribution is -0.127. The van der Waals surface area contributed by atoms with Crippen LogP contribution in [0, 0.1) is 11.6 Å². The van der Waals surface area contributed by atoms with Crippen molar-refractivity contribution in [1.82, 2.24) is 9.88 Å². The predicted molar refractivity (Wildman–Crippen MR) is 93.0 cm³/mol. The van der Waals surface area contributed by atoms with Crippen molar-refractivity contribution < 1.29 is 18.0 Å². The number of carbonyl (C=O) groups is 1. The number of para-hydroxylation sites is 2. The fourth-order valence-corrected chi connectivity index (χ4v) is 2.81. The van der Waals surface area contributed by atoms with Gasteiger partial charge in [-0.2, -0.15) is 0 Å². The number of halogens is 2. The van der Waals surface area contributed by atoms with Gasteiger partial charge in [0, 0.05) is 36.4 Å². The molecular weight excluding hydrogens is 338 g/mol. The summed E-state index contributed by atoms with van der Waals surface area (Å²) in [6, 6.07) is 10.8. The first-order valence-electron chi connectivity index (χ1n) is 8.38. The number of benzene rings is 2. The first-order chi connectivity index (χ1) is 12.6.